The molecular formula is C44H42P2Pt. The van der Waals surface area contributed by atoms with Crippen LogP contribution in [0.15, 0.2) is 206 Å². The molecule has 0 amide bonds. The van der Waals surface area contributed by atoms with Crippen LogP contribution < -0.4 is 31.8 Å². The molecule has 0 nitrogen and oxygen atoms in total. The van der Waals surface area contributed by atoms with E-state index in [1.807, 2.05) is 0 Å². The van der Waals surface area contributed by atoms with Gasteiger partial charge in [-0.15, -0.1) is 0 Å². The third-order valence-electron chi connectivity index (χ3n) is 7.46. The summed E-state index contributed by atoms with van der Waals surface area (Å²) in [5, 5.41) is 8.39. The van der Waals surface area contributed by atoms with Gasteiger partial charge in [-0.05, 0) is 73.4 Å². The zero-order valence-electron chi connectivity index (χ0n) is 26.7. The smallest absolute Gasteiger partial charge is 0 e. The molecule has 3 heteroatoms. The summed E-state index contributed by atoms with van der Waals surface area (Å²) in [6, 6.07) is 64.7. The van der Waals surface area contributed by atoms with Crippen LogP contribution in [0.3, 0.4) is 0 Å². The van der Waals surface area contributed by atoms with Crippen LogP contribution in [-0.4, -0.2) is 0 Å². The van der Waals surface area contributed by atoms with Gasteiger partial charge in [0.25, 0.3) is 0 Å². The van der Waals surface area contributed by atoms with Crippen molar-refractivity contribution in [2.45, 2.75) is 25.7 Å². The zero-order chi connectivity index (χ0) is 31.5. The molecule has 0 atom stereocenters. The van der Waals surface area contributed by atoms with E-state index in [2.05, 4.69) is 206 Å². The average molecular weight is 828 g/mol. The Hall–Kier alpha value is -3.65. The monoisotopic (exact) mass is 827 g/mol. The van der Waals surface area contributed by atoms with E-state index < -0.39 is 15.8 Å². The first-order chi connectivity index (χ1) is 22.9. The van der Waals surface area contributed by atoms with Crippen LogP contribution in [-0.2, 0) is 21.1 Å². The SMILES string of the molecule is C1=C\CCCC\C=C/1.[Pt].c1ccc(P(c2ccccc2)c2ccccc2)cc1.c1ccc(P(c2ccccc2)c2ccccc2)cc1. The molecule has 0 saturated carbocycles. The molecule has 0 N–H and O–H groups in total. The van der Waals surface area contributed by atoms with Crippen molar-refractivity contribution in [3.8, 4) is 0 Å². The summed E-state index contributed by atoms with van der Waals surface area (Å²) in [7, 11) is -0.892. The van der Waals surface area contributed by atoms with Crippen LogP contribution >= 0.6 is 15.8 Å². The summed E-state index contributed by atoms with van der Waals surface area (Å²) in [6.45, 7) is 0. The second-order valence-electron chi connectivity index (χ2n) is 10.8. The van der Waals surface area contributed by atoms with Crippen molar-refractivity contribution in [2.24, 2.45) is 0 Å². The molecular weight excluding hydrogens is 786 g/mol. The van der Waals surface area contributed by atoms with Gasteiger partial charge in [0.15, 0.2) is 0 Å². The van der Waals surface area contributed by atoms with Gasteiger partial charge in [0, 0.05) is 21.1 Å². The van der Waals surface area contributed by atoms with Crippen molar-refractivity contribution >= 4 is 47.7 Å². The Bertz CT molecular complexity index is 1390. The van der Waals surface area contributed by atoms with E-state index in [-0.39, 0.29) is 21.1 Å². The van der Waals surface area contributed by atoms with Crippen molar-refractivity contribution in [1.29, 1.82) is 0 Å². The van der Waals surface area contributed by atoms with E-state index in [0.717, 1.165) is 0 Å². The van der Waals surface area contributed by atoms with Crippen molar-refractivity contribution in [3.63, 3.8) is 0 Å². The molecule has 0 radical (unpaired) electrons. The van der Waals surface area contributed by atoms with Crippen LogP contribution in [0.5, 0.6) is 0 Å². The summed E-state index contributed by atoms with van der Waals surface area (Å²) in [5.41, 5.74) is 0. The van der Waals surface area contributed by atoms with Gasteiger partial charge < -0.3 is 0 Å². The second kappa shape index (κ2) is 21.3. The Kier molecular flexibility index (Phi) is 16.4. The Labute approximate surface area is 299 Å². The topological polar surface area (TPSA) is 0 Å². The van der Waals surface area contributed by atoms with E-state index in [9.17, 15) is 0 Å². The Morgan fingerprint density at radius 3 is 0.660 bits per heavy atom. The van der Waals surface area contributed by atoms with Gasteiger partial charge in [0.1, 0.15) is 0 Å². The second-order valence-corrected chi connectivity index (χ2v) is 15.3. The van der Waals surface area contributed by atoms with Gasteiger partial charge in [-0.2, -0.15) is 0 Å². The Morgan fingerprint density at radius 2 is 0.468 bits per heavy atom. The fraction of sp³-hybridized carbons (Fsp3) is 0.0909. The van der Waals surface area contributed by atoms with Gasteiger partial charge in [-0.3, -0.25) is 0 Å². The minimum atomic E-state index is -0.446. The standard InChI is InChI=1S/2C18H15P.C8H12.Pt/c2*1-4-10-16(11-5-1)19(17-12-6-2-7-13-17)18-14-8-3-9-15-18;1-2-4-6-8-7-5-3-1;/h2*1-15H;1-4H,5-8H2;/b;;3-1-,4-2-;. The average Bonchev–Trinajstić information content (AvgIpc) is 3.12. The third kappa shape index (κ3) is 11.8. The number of hydrogen-bond donors (Lipinski definition) is 0. The predicted molar refractivity (Wildman–Crippen MR) is 207 cm³/mol. The Balaban J connectivity index is 0.000000171. The quantitative estimate of drug-likeness (QED) is 0.147. The molecule has 0 fully saturated rings. The third-order valence-corrected chi connectivity index (χ3v) is 12.3. The van der Waals surface area contributed by atoms with Crippen molar-refractivity contribution in [3.05, 3.63) is 206 Å². The maximum absolute atomic E-state index is 2.23. The fourth-order valence-electron chi connectivity index (χ4n) is 5.23. The zero-order valence-corrected chi connectivity index (χ0v) is 30.7. The number of rotatable bonds is 6. The summed E-state index contributed by atoms with van der Waals surface area (Å²) in [5.74, 6) is 0. The van der Waals surface area contributed by atoms with Crippen LogP contribution in [0, 0.1) is 0 Å². The maximum Gasteiger partial charge on any atom is 0 e. The van der Waals surface area contributed by atoms with E-state index in [1.165, 1.54) is 57.5 Å². The van der Waals surface area contributed by atoms with Crippen molar-refractivity contribution < 1.29 is 21.1 Å². The summed E-state index contributed by atoms with van der Waals surface area (Å²) < 4.78 is 0. The molecule has 0 aromatic heterocycles. The van der Waals surface area contributed by atoms with E-state index in [1.54, 1.807) is 0 Å². The van der Waals surface area contributed by atoms with Gasteiger partial charge in [0.05, 0.1) is 0 Å². The van der Waals surface area contributed by atoms with E-state index in [0.29, 0.717) is 0 Å². The summed E-state index contributed by atoms with van der Waals surface area (Å²) >= 11 is 0. The first kappa shape index (κ1) is 36.2. The molecule has 0 bridgehead atoms. The molecule has 47 heavy (non-hydrogen) atoms. The molecule has 0 heterocycles. The number of allylic oxidation sites excluding steroid dienone is 4. The van der Waals surface area contributed by atoms with E-state index in [4.69, 9.17) is 0 Å². The largest absolute Gasteiger partial charge is 0.0845 e. The molecule has 0 saturated heterocycles. The molecule has 7 rings (SSSR count). The number of benzene rings is 6. The van der Waals surface area contributed by atoms with Gasteiger partial charge in [-0.1, -0.05) is 206 Å². The van der Waals surface area contributed by atoms with Crippen LogP contribution in [0.1, 0.15) is 25.7 Å². The van der Waals surface area contributed by atoms with Crippen LogP contribution in [0.2, 0.25) is 0 Å². The van der Waals surface area contributed by atoms with Gasteiger partial charge >= 0.3 is 0 Å². The molecule has 0 aliphatic heterocycles. The maximum atomic E-state index is 2.23. The first-order valence-electron chi connectivity index (χ1n) is 16.1. The minimum absolute atomic E-state index is 0. The van der Waals surface area contributed by atoms with Crippen molar-refractivity contribution in [1.82, 2.24) is 0 Å². The normalized spacial score (nSPS) is 13.3. The molecule has 1 aliphatic rings. The number of hydrogen-bond acceptors (Lipinski definition) is 0. The Morgan fingerprint density at radius 1 is 0.277 bits per heavy atom. The molecule has 6 aromatic rings. The molecule has 238 valence electrons. The van der Waals surface area contributed by atoms with Crippen molar-refractivity contribution in [2.75, 3.05) is 0 Å². The van der Waals surface area contributed by atoms with Gasteiger partial charge in [-0.25, -0.2) is 0 Å². The van der Waals surface area contributed by atoms with Crippen LogP contribution in [0.25, 0.3) is 0 Å². The molecule has 0 unspecified atom stereocenters. The fourth-order valence-corrected chi connectivity index (χ4v) is 9.84. The predicted octanol–water partition coefficient (Wildman–Crippen LogP) is 9.56. The van der Waals surface area contributed by atoms with Gasteiger partial charge in [0.2, 0.25) is 0 Å². The first-order valence-corrected chi connectivity index (χ1v) is 18.8. The molecule has 1 aliphatic carbocycles. The summed E-state index contributed by atoms with van der Waals surface area (Å²) in [4.78, 5) is 0. The minimum Gasteiger partial charge on any atom is -0.0845 e. The molecule has 0 spiro atoms. The van der Waals surface area contributed by atoms with E-state index >= 15 is 0 Å². The summed E-state index contributed by atoms with van der Waals surface area (Å²) in [6.07, 6.45) is 14.0. The van der Waals surface area contributed by atoms with Crippen LogP contribution in [0.4, 0.5) is 0 Å². The molecule has 6 aromatic carbocycles.